The molecule has 5 nitrogen and oxygen atoms in total. The molecule has 1 aromatic heterocycles. The number of guanidine groups is 1. The van der Waals surface area contributed by atoms with E-state index in [0.29, 0.717) is 10.7 Å². The zero-order chi connectivity index (χ0) is 19.6. The molecule has 140 valence electrons. The molecule has 0 aliphatic carbocycles. The van der Waals surface area contributed by atoms with Crippen molar-refractivity contribution in [2.24, 2.45) is 16.5 Å². The summed E-state index contributed by atoms with van der Waals surface area (Å²) in [5.74, 6) is 4.04. The number of hydrogen-bond acceptors (Lipinski definition) is 3. The summed E-state index contributed by atoms with van der Waals surface area (Å²) < 4.78 is 12.0. The van der Waals surface area contributed by atoms with Gasteiger partial charge in [-0.3, -0.25) is 4.21 Å². The molecule has 0 saturated heterocycles. The third-order valence-corrected chi connectivity index (χ3v) is 4.52. The summed E-state index contributed by atoms with van der Waals surface area (Å²) in [6, 6.07) is 5.48. The van der Waals surface area contributed by atoms with Crippen LogP contribution < -0.4 is 11.5 Å². The van der Waals surface area contributed by atoms with E-state index < -0.39 is 9.52 Å². The molecule has 2 rings (SSSR count). The molecular formula is C19H32N4OS. The molecule has 0 fully saturated rings. The fourth-order valence-electron chi connectivity index (χ4n) is 1.83. The van der Waals surface area contributed by atoms with Crippen LogP contribution in [0.2, 0.25) is 0 Å². The third kappa shape index (κ3) is 7.13. The van der Waals surface area contributed by atoms with Gasteiger partial charge in [-0.1, -0.05) is 46.6 Å². The first-order valence-electron chi connectivity index (χ1n) is 8.52. The minimum atomic E-state index is -2.29. The topological polar surface area (TPSA) is 94.4 Å². The molecule has 1 atom stereocenters. The predicted octanol–water partition coefficient (Wildman–Crippen LogP) is 3.99. The SMILES string of the molecule is C=S(C)(=O)c1ccc2c(C)cnc(N=C(N)N)c2c1.CC.CCCC. The Hall–Kier alpha value is -2.08. The Kier molecular flexibility index (Phi) is 9.82. The van der Waals surface area contributed by atoms with Crippen LogP contribution in [0.3, 0.4) is 0 Å². The fourth-order valence-corrected chi connectivity index (χ4v) is 2.55. The first-order chi connectivity index (χ1) is 11.7. The second-order valence-corrected chi connectivity index (χ2v) is 8.00. The van der Waals surface area contributed by atoms with Gasteiger partial charge >= 0.3 is 0 Å². The molecule has 0 amide bonds. The van der Waals surface area contributed by atoms with E-state index in [1.807, 2.05) is 32.9 Å². The van der Waals surface area contributed by atoms with E-state index in [4.69, 9.17) is 11.5 Å². The number of nitrogens with zero attached hydrogens (tertiary/aromatic N) is 2. The smallest absolute Gasteiger partial charge is 0.192 e. The van der Waals surface area contributed by atoms with Crippen LogP contribution in [0.15, 0.2) is 34.3 Å². The van der Waals surface area contributed by atoms with Gasteiger partial charge in [0.15, 0.2) is 11.8 Å². The van der Waals surface area contributed by atoms with Crippen molar-refractivity contribution in [2.75, 3.05) is 6.26 Å². The average molecular weight is 365 g/mol. The summed E-state index contributed by atoms with van der Waals surface area (Å²) in [6.45, 7) is 10.3. The van der Waals surface area contributed by atoms with Crippen molar-refractivity contribution in [1.29, 1.82) is 0 Å². The van der Waals surface area contributed by atoms with Crippen LogP contribution in [0.1, 0.15) is 46.1 Å². The third-order valence-electron chi connectivity index (χ3n) is 3.27. The summed E-state index contributed by atoms with van der Waals surface area (Å²) in [5, 5.41) is 1.74. The Morgan fingerprint density at radius 1 is 1.20 bits per heavy atom. The van der Waals surface area contributed by atoms with E-state index in [9.17, 15) is 4.21 Å². The van der Waals surface area contributed by atoms with Crippen LogP contribution in [0.5, 0.6) is 0 Å². The van der Waals surface area contributed by atoms with E-state index in [0.717, 1.165) is 16.3 Å². The minimum absolute atomic E-state index is 0.0603. The molecule has 4 N–H and O–H groups in total. The van der Waals surface area contributed by atoms with Crippen molar-refractivity contribution < 1.29 is 4.21 Å². The highest BCUT2D eigenvalue weighted by atomic mass is 32.2. The van der Waals surface area contributed by atoms with Gasteiger partial charge < -0.3 is 11.5 Å². The number of pyridine rings is 1. The monoisotopic (exact) mass is 364 g/mol. The largest absolute Gasteiger partial charge is 0.370 e. The fraction of sp³-hybridized carbons (Fsp3) is 0.421. The number of aliphatic imine (C=N–C) groups is 1. The molecule has 6 heteroatoms. The molecule has 0 bridgehead atoms. The molecule has 2 aromatic rings. The molecule has 0 aliphatic rings. The van der Waals surface area contributed by atoms with E-state index in [2.05, 4.69) is 29.7 Å². The zero-order valence-corrected chi connectivity index (χ0v) is 17.1. The number of benzene rings is 1. The lowest BCUT2D eigenvalue weighted by Crippen LogP contribution is -2.22. The summed E-state index contributed by atoms with van der Waals surface area (Å²) in [4.78, 5) is 8.86. The maximum Gasteiger partial charge on any atom is 0.192 e. The molecular weight excluding hydrogens is 332 g/mol. The molecule has 1 heterocycles. The average Bonchev–Trinajstić information content (AvgIpc) is 2.58. The van der Waals surface area contributed by atoms with Crippen LogP contribution in [-0.4, -0.2) is 27.3 Å². The number of aryl methyl sites for hydroxylation is 1. The molecule has 1 aromatic carbocycles. The Bertz CT molecular complexity index is 806. The van der Waals surface area contributed by atoms with Crippen LogP contribution in [0, 0.1) is 6.92 Å². The van der Waals surface area contributed by atoms with E-state index in [-0.39, 0.29) is 5.96 Å². The maximum atomic E-state index is 12.0. The highest BCUT2D eigenvalue weighted by Gasteiger charge is 2.08. The number of nitrogens with two attached hydrogens (primary N) is 2. The summed E-state index contributed by atoms with van der Waals surface area (Å²) in [7, 11) is -2.29. The van der Waals surface area contributed by atoms with Gasteiger partial charge in [0.1, 0.15) is 0 Å². The van der Waals surface area contributed by atoms with Crippen molar-refractivity contribution >= 4 is 37.9 Å². The molecule has 25 heavy (non-hydrogen) atoms. The van der Waals surface area contributed by atoms with Crippen LogP contribution in [0.4, 0.5) is 5.82 Å². The summed E-state index contributed by atoms with van der Waals surface area (Å²) in [5.41, 5.74) is 11.8. The molecule has 1 unspecified atom stereocenters. The molecule has 0 radical (unpaired) electrons. The van der Waals surface area contributed by atoms with Crippen molar-refractivity contribution in [2.45, 2.75) is 52.4 Å². The van der Waals surface area contributed by atoms with Gasteiger partial charge in [-0.2, -0.15) is 4.99 Å². The maximum absolute atomic E-state index is 12.0. The molecule has 0 spiro atoms. The lowest BCUT2D eigenvalue weighted by Gasteiger charge is -2.08. The lowest BCUT2D eigenvalue weighted by molar-refractivity contribution is 0.685. The minimum Gasteiger partial charge on any atom is -0.370 e. The normalized spacial score (nSPS) is 12.1. The van der Waals surface area contributed by atoms with Gasteiger partial charge in [-0.15, -0.1) is 0 Å². The van der Waals surface area contributed by atoms with Crippen LogP contribution in [-0.2, 0) is 9.52 Å². The lowest BCUT2D eigenvalue weighted by atomic mass is 10.1. The summed E-state index contributed by atoms with van der Waals surface area (Å²) >= 11 is 0. The number of aromatic nitrogens is 1. The number of unbranched alkanes of at least 4 members (excludes halogenated alkanes) is 1. The van der Waals surface area contributed by atoms with Crippen molar-refractivity contribution in [1.82, 2.24) is 4.98 Å². The Morgan fingerprint density at radius 3 is 2.20 bits per heavy atom. The van der Waals surface area contributed by atoms with Crippen molar-refractivity contribution in [3.05, 3.63) is 30.0 Å². The van der Waals surface area contributed by atoms with Crippen LogP contribution in [0.25, 0.3) is 10.8 Å². The first kappa shape index (κ1) is 22.9. The second-order valence-electron chi connectivity index (χ2n) is 5.51. The quantitative estimate of drug-likeness (QED) is 0.489. The van der Waals surface area contributed by atoms with E-state index in [1.165, 1.54) is 12.8 Å². The first-order valence-corrected chi connectivity index (χ1v) is 10.7. The van der Waals surface area contributed by atoms with E-state index in [1.54, 1.807) is 18.5 Å². The number of fused-ring (bicyclic) bond motifs is 1. The highest BCUT2D eigenvalue weighted by Crippen LogP contribution is 2.28. The van der Waals surface area contributed by atoms with E-state index >= 15 is 0 Å². The van der Waals surface area contributed by atoms with Crippen molar-refractivity contribution in [3.63, 3.8) is 0 Å². The standard InChI is InChI=1S/C13H16N4OS.C4H10.C2H6/c1-8-7-16-12(17-13(14)15)11-6-9(19(2,3)18)4-5-10(8)11;1-3-4-2;1-2/h4-7H,2H2,1,3H3,(H4,14,15,16,17);3-4H2,1-2H3;1-2H3. The number of rotatable bonds is 3. The van der Waals surface area contributed by atoms with Gasteiger partial charge in [-0.25, -0.2) is 4.98 Å². The zero-order valence-electron chi connectivity index (χ0n) is 16.3. The Balaban J connectivity index is 0.000000845. The summed E-state index contributed by atoms with van der Waals surface area (Å²) in [6.07, 6.45) is 5.94. The van der Waals surface area contributed by atoms with Gasteiger partial charge in [-0.05, 0) is 45.4 Å². The molecule has 0 saturated carbocycles. The van der Waals surface area contributed by atoms with Crippen LogP contribution >= 0.6 is 0 Å². The second kappa shape index (κ2) is 10.7. The van der Waals surface area contributed by atoms with Gasteiger partial charge in [0.05, 0.1) is 0 Å². The number of hydrogen-bond donors (Lipinski definition) is 2. The predicted molar refractivity (Wildman–Crippen MR) is 113 cm³/mol. The van der Waals surface area contributed by atoms with Crippen molar-refractivity contribution in [3.8, 4) is 0 Å². The highest BCUT2D eigenvalue weighted by molar-refractivity contribution is 7.99. The Morgan fingerprint density at radius 2 is 1.76 bits per heavy atom. The van der Waals surface area contributed by atoms with Gasteiger partial charge in [0.2, 0.25) is 0 Å². The Labute approximate surface area is 152 Å². The molecule has 0 aliphatic heterocycles. The van der Waals surface area contributed by atoms with Gasteiger partial charge in [0.25, 0.3) is 0 Å². The van der Waals surface area contributed by atoms with Gasteiger partial charge in [0, 0.05) is 22.7 Å².